The van der Waals surface area contributed by atoms with E-state index in [0.29, 0.717) is 42.1 Å². The van der Waals surface area contributed by atoms with E-state index in [0.717, 1.165) is 28.4 Å². The Morgan fingerprint density at radius 3 is 2.53 bits per heavy atom. The average molecular weight is 491 g/mol. The average Bonchev–Trinajstić information content (AvgIpc) is 3.17. The van der Waals surface area contributed by atoms with Crippen molar-refractivity contribution in [3.63, 3.8) is 0 Å². The molecule has 2 aromatic carbocycles. The number of ether oxygens (including phenoxy) is 1. The Kier molecular flexibility index (Phi) is 8.97. The minimum atomic E-state index is -0.200. The molecule has 0 saturated carbocycles. The monoisotopic (exact) mass is 490 g/mol. The van der Waals surface area contributed by atoms with Crippen molar-refractivity contribution in [1.29, 1.82) is 0 Å². The number of esters is 1. The lowest BCUT2D eigenvalue weighted by Gasteiger charge is -2.21. The van der Waals surface area contributed by atoms with Gasteiger partial charge in [-0.05, 0) is 37.0 Å². The predicted molar refractivity (Wildman–Crippen MR) is 135 cm³/mol. The van der Waals surface area contributed by atoms with Crippen molar-refractivity contribution in [1.82, 2.24) is 4.98 Å². The maximum Gasteiger partial charge on any atom is 0.307 e. The Labute approximate surface area is 204 Å². The third-order valence-electron chi connectivity index (χ3n) is 4.85. The minimum absolute atomic E-state index is 0.200. The molecule has 0 radical (unpaired) electrons. The number of benzene rings is 2. The highest BCUT2D eigenvalue weighted by Gasteiger charge is 2.20. The van der Waals surface area contributed by atoms with Crippen LogP contribution in [-0.4, -0.2) is 24.1 Å². The highest BCUT2D eigenvalue weighted by Crippen LogP contribution is 2.37. The van der Waals surface area contributed by atoms with Crippen LogP contribution in [0.2, 0.25) is 10.0 Å². The van der Waals surface area contributed by atoms with E-state index in [1.54, 1.807) is 17.4 Å². The maximum absolute atomic E-state index is 12.0. The topological polar surface area (TPSA) is 42.4 Å². The number of hydrogen-bond donors (Lipinski definition) is 0. The summed E-state index contributed by atoms with van der Waals surface area (Å²) in [6, 6.07) is 15.8. The molecule has 0 amide bonds. The molecule has 0 N–H and O–H groups in total. The zero-order valence-electron chi connectivity index (χ0n) is 18.6. The number of thiazole rings is 1. The summed E-state index contributed by atoms with van der Waals surface area (Å²) in [6.45, 7) is 7.79. The van der Waals surface area contributed by atoms with Crippen LogP contribution in [0.3, 0.4) is 0 Å². The van der Waals surface area contributed by atoms with Crippen LogP contribution >= 0.6 is 34.5 Å². The van der Waals surface area contributed by atoms with E-state index >= 15 is 0 Å². The van der Waals surface area contributed by atoms with Crippen LogP contribution in [0.4, 0.5) is 5.13 Å². The molecule has 3 aromatic rings. The van der Waals surface area contributed by atoms with Gasteiger partial charge in [-0.25, -0.2) is 4.98 Å². The van der Waals surface area contributed by atoms with Crippen LogP contribution in [-0.2, 0) is 22.5 Å². The summed E-state index contributed by atoms with van der Waals surface area (Å²) in [4.78, 5) is 20.4. The summed E-state index contributed by atoms with van der Waals surface area (Å²) in [6.07, 6.45) is 1.21. The van der Waals surface area contributed by atoms with Crippen molar-refractivity contribution >= 4 is 45.6 Å². The van der Waals surface area contributed by atoms with Crippen molar-refractivity contribution < 1.29 is 9.53 Å². The molecule has 0 unspecified atom stereocenters. The molecule has 1 aromatic heterocycles. The number of anilines is 1. The van der Waals surface area contributed by atoms with E-state index in [-0.39, 0.29) is 5.97 Å². The smallest absolute Gasteiger partial charge is 0.307 e. The molecule has 0 aliphatic carbocycles. The maximum atomic E-state index is 12.0. The quantitative estimate of drug-likeness (QED) is 0.280. The fourth-order valence-corrected chi connectivity index (χ4v) is 4.98. The third-order valence-corrected chi connectivity index (χ3v) is 6.73. The summed E-state index contributed by atoms with van der Waals surface area (Å²) >= 11 is 14.1. The van der Waals surface area contributed by atoms with Gasteiger partial charge in [0.05, 0.1) is 28.8 Å². The van der Waals surface area contributed by atoms with Crippen molar-refractivity contribution in [3.8, 4) is 11.3 Å². The molecule has 0 saturated heterocycles. The van der Waals surface area contributed by atoms with Gasteiger partial charge in [0.25, 0.3) is 0 Å². The Hall–Kier alpha value is -2.08. The van der Waals surface area contributed by atoms with Gasteiger partial charge in [-0.2, -0.15) is 0 Å². The lowest BCUT2D eigenvalue weighted by molar-refractivity contribution is -0.142. The molecule has 32 heavy (non-hydrogen) atoms. The Morgan fingerprint density at radius 2 is 1.88 bits per heavy atom. The zero-order chi connectivity index (χ0) is 23.1. The third kappa shape index (κ3) is 6.71. The molecular weight excluding hydrogens is 463 g/mol. The fraction of sp³-hybridized carbons (Fsp3) is 0.360. The second kappa shape index (κ2) is 11.7. The van der Waals surface area contributed by atoms with Gasteiger partial charge in [0, 0.05) is 23.5 Å². The SMILES string of the molecule is CCOC(=O)CCN(Cc1ccccc1)c1nc(-c2ccc(Cl)c(Cl)c2)c(CC(C)C)s1. The molecule has 0 bridgehead atoms. The molecule has 0 spiro atoms. The number of carbonyl (C=O) groups is 1. The first-order valence-corrected chi connectivity index (χ1v) is 12.3. The van der Waals surface area contributed by atoms with Gasteiger partial charge in [0.15, 0.2) is 5.13 Å². The molecule has 170 valence electrons. The van der Waals surface area contributed by atoms with Crippen molar-refractivity contribution in [2.75, 3.05) is 18.1 Å². The van der Waals surface area contributed by atoms with E-state index in [1.807, 2.05) is 37.3 Å². The van der Waals surface area contributed by atoms with Gasteiger partial charge in [-0.15, -0.1) is 11.3 Å². The number of carbonyl (C=O) groups excluding carboxylic acids is 1. The van der Waals surface area contributed by atoms with Crippen LogP contribution < -0.4 is 4.90 Å². The van der Waals surface area contributed by atoms with Gasteiger partial charge < -0.3 is 9.64 Å². The van der Waals surface area contributed by atoms with Crippen LogP contribution in [0.5, 0.6) is 0 Å². The number of hydrogen-bond acceptors (Lipinski definition) is 5. The first-order chi connectivity index (χ1) is 15.4. The van der Waals surface area contributed by atoms with Gasteiger partial charge >= 0.3 is 5.97 Å². The molecule has 4 nitrogen and oxygen atoms in total. The molecule has 0 fully saturated rings. The summed E-state index contributed by atoms with van der Waals surface area (Å²) in [5, 5.41) is 1.92. The Morgan fingerprint density at radius 1 is 1.12 bits per heavy atom. The van der Waals surface area contributed by atoms with Crippen LogP contribution in [0.25, 0.3) is 11.3 Å². The van der Waals surface area contributed by atoms with Crippen LogP contribution in [0.15, 0.2) is 48.5 Å². The summed E-state index contributed by atoms with van der Waals surface area (Å²) in [5.74, 6) is 0.279. The second-order valence-electron chi connectivity index (χ2n) is 7.96. The molecular formula is C25H28Cl2N2O2S. The molecule has 0 atom stereocenters. The highest BCUT2D eigenvalue weighted by molar-refractivity contribution is 7.16. The predicted octanol–water partition coefficient (Wildman–Crippen LogP) is 7.28. The van der Waals surface area contributed by atoms with E-state index in [1.165, 1.54) is 4.88 Å². The fourth-order valence-electron chi connectivity index (χ4n) is 3.36. The summed E-state index contributed by atoms with van der Waals surface area (Å²) < 4.78 is 5.14. The number of aromatic nitrogens is 1. The lowest BCUT2D eigenvalue weighted by atomic mass is 10.0. The Balaban J connectivity index is 1.97. The van der Waals surface area contributed by atoms with Gasteiger partial charge in [-0.3, -0.25) is 4.79 Å². The zero-order valence-corrected chi connectivity index (χ0v) is 20.9. The van der Waals surface area contributed by atoms with E-state index < -0.39 is 0 Å². The van der Waals surface area contributed by atoms with E-state index in [4.69, 9.17) is 32.9 Å². The van der Waals surface area contributed by atoms with Gasteiger partial charge in [-0.1, -0.05) is 73.4 Å². The standard InChI is InChI=1S/C25H28Cl2N2O2S/c1-4-31-23(30)12-13-29(16-18-8-6-5-7-9-18)25-28-24(22(32-25)14-17(2)3)19-10-11-20(26)21(27)15-19/h5-11,15,17H,4,12-14,16H2,1-3H3. The Bertz CT molecular complexity index is 1040. The van der Waals surface area contributed by atoms with Crippen LogP contribution in [0.1, 0.15) is 37.6 Å². The highest BCUT2D eigenvalue weighted by atomic mass is 35.5. The summed E-state index contributed by atoms with van der Waals surface area (Å²) in [5.41, 5.74) is 3.03. The lowest BCUT2D eigenvalue weighted by Crippen LogP contribution is -2.26. The molecule has 3 rings (SSSR count). The summed E-state index contributed by atoms with van der Waals surface area (Å²) in [7, 11) is 0. The molecule has 0 aliphatic rings. The van der Waals surface area contributed by atoms with Crippen LogP contribution in [0, 0.1) is 5.92 Å². The number of nitrogens with zero attached hydrogens (tertiary/aromatic N) is 2. The largest absolute Gasteiger partial charge is 0.466 e. The second-order valence-corrected chi connectivity index (χ2v) is 9.83. The normalized spacial score (nSPS) is 11.1. The van der Waals surface area contributed by atoms with Crippen molar-refractivity contribution in [3.05, 3.63) is 69.0 Å². The molecule has 7 heteroatoms. The van der Waals surface area contributed by atoms with E-state index in [9.17, 15) is 4.79 Å². The minimum Gasteiger partial charge on any atom is -0.466 e. The first-order valence-electron chi connectivity index (χ1n) is 10.8. The first kappa shape index (κ1) is 24.6. The van der Waals surface area contributed by atoms with Crippen molar-refractivity contribution in [2.24, 2.45) is 5.92 Å². The van der Waals surface area contributed by atoms with Gasteiger partial charge in [0.2, 0.25) is 0 Å². The van der Waals surface area contributed by atoms with Gasteiger partial charge in [0.1, 0.15) is 0 Å². The number of halogens is 2. The number of rotatable bonds is 10. The van der Waals surface area contributed by atoms with E-state index in [2.05, 4.69) is 30.9 Å². The molecule has 1 heterocycles. The molecule has 0 aliphatic heterocycles. The van der Waals surface area contributed by atoms with Crippen molar-refractivity contribution in [2.45, 2.75) is 40.2 Å².